The Labute approximate surface area is 108 Å². The largest absolute Gasteiger partial charge is 0.416 e. The molecule has 19 heavy (non-hydrogen) atoms. The van der Waals surface area contributed by atoms with Crippen LogP contribution in [0.2, 0.25) is 0 Å². The number of aliphatic hydroxyl groups is 1. The van der Waals surface area contributed by atoms with Gasteiger partial charge < -0.3 is 5.11 Å². The van der Waals surface area contributed by atoms with Crippen molar-refractivity contribution in [1.29, 1.82) is 0 Å². The maximum atomic E-state index is 12.6. The molecule has 0 fully saturated rings. The highest BCUT2D eigenvalue weighted by Gasteiger charge is 2.31. The number of hydrogen-bond acceptors (Lipinski definition) is 2. The molecule has 1 aromatic carbocycles. The molecule has 0 aromatic heterocycles. The van der Waals surface area contributed by atoms with Gasteiger partial charge in [-0.3, -0.25) is 4.79 Å². The van der Waals surface area contributed by atoms with Crippen molar-refractivity contribution in [1.82, 2.24) is 0 Å². The van der Waals surface area contributed by atoms with Gasteiger partial charge in [-0.1, -0.05) is 18.2 Å². The van der Waals surface area contributed by atoms with E-state index < -0.39 is 17.8 Å². The number of halogens is 3. The second kappa shape index (κ2) is 5.17. The second-order valence-electron chi connectivity index (χ2n) is 4.50. The Hall–Kier alpha value is -1.62. The molecule has 0 bridgehead atoms. The van der Waals surface area contributed by atoms with Gasteiger partial charge in [0.1, 0.15) is 6.10 Å². The molecule has 5 heteroatoms. The standard InChI is InChI=1S/C14H13F3O2/c15-14(16,17)10-5-3-4-9(8-10)13(19)11-6-1-2-7-12(11)18/h3-6,8,13,19H,1-2,7H2/t13-/m0/s1. The minimum Gasteiger partial charge on any atom is -0.384 e. The lowest BCUT2D eigenvalue weighted by molar-refractivity contribution is -0.137. The molecule has 2 nitrogen and oxygen atoms in total. The van der Waals surface area contributed by atoms with Crippen molar-refractivity contribution in [3.05, 3.63) is 47.0 Å². The van der Waals surface area contributed by atoms with Crippen molar-refractivity contribution in [3.8, 4) is 0 Å². The topological polar surface area (TPSA) is 37.3 Å². The number of benzene rings is 1. The first-order valence-corrected chi connectivity index (χ1v) is 5.98. The Bertz CT molecular complexity index is 518. The first kappa shape index (κ1) is 13.8. The predicted molar refractivity (Wildman–Crippen MR) is 63.3 cm³/mol. The fraction of sp³-hybridized carbons (Fsp3) is 0.357. The maximum Gasteiger partial charge on any atom is 0.416 e. The van der Waals surface area contributed by atoms with Crippen molar-refractivity contribution in [3.63, 3.8) is 0 Å². The van der Waals surface area contributed by atoms with Crippen LogP contribution in [0.4, 0.5) is 13.2 Å². The van der Waals surface area contributed by atoms with E-state index in [1.165, 1.54) is 12.1 Å². The van der Waals surface area contributed by atoms with Gasteiger partial charge in [-0.05, 0) is 30.5 Å². The average molecular weight is 270 g/mol. The lowest BCUT2D eigenvalue weighted by atomic mass is 9.90. The first-order valence-electron chi connectivity index (χ1n) is 5.98. The third-order valence-electron chi connectivity index (χ3n) is 3.12. The molecule has 1 aliphatic carbocycles. The van der Waals surface area contributed by atoms with Gasteiger partial charge in [-0.15, -0.1) is 0 Å². The summed E-state index contributed by atoms with van der Waals surface area (Å²) in [6, 6.07) is 4.44. The fourth-order valence-corrected chi connectivity index (χ4v) is 2.11. The van der Waals surface area contributed by atoms with Gasteiger partial charge >= 0.3 is 6.18 Å². The zero-order valence-electron chi connectivity index (χ0n) is 10.1. The van der Waals surface area contributed by atoms with Gasteiger partial charge in [-0.25, -0.2) is 0 Å². The van der Waals surface area contributed by atoms with Crippen molar-refractivity contribution in [2.24, 2.45) is 0 Å². The zero-order chi connectivity index (χ0) is 14.0. The predicted octanol–water partition coefficient (Wildman–Crippen LogP) is 3.42. The minimum absolute atomic E-state index is 0.0938. The van der Waals surface area contributed by atoms with E-state index in [9.17, 15) is 23.1 Å². The summed E-state index contributed by atoms with van der Waals surface area (Å²) in [6.45, 7) is 0. The summed E-state index contributed by atoms with van der Waals surface area (Å²) < 4.78 is 37.8. The van der Waals surface area contributed by atoms with Crippen LogP contribution in [-0.4, -0.2) is 10.9 Å². The van der Waals surface area contributed by atoms with Crippen molar-refractivity contribution in [2.75, 3.05) is 0 Å². The van der Waals surface area contributed by atoms with Crippen LogP contribution in [-0.2, 0) is 11.0 Å². The molecule has 2 rings (SSSR count). The van der Waals surface area contributed by atoms with Crippen molar-refractivity contribution >= 4 is 5.78 Å². The summed E-state index contributed by atoms with van der Waals surface area (Å²) in [6.07, 6.45) is -2.41. The normalized spacial score (nSPS) is 18.1. The number of allylic oxidation sites excluding steroid dienone is 1. The number of carbonyl (C=O) groups excluding carboxylic acids is 1. The van der Waals surface area contributed by atoms with Crippen LogP contribution in [0.5, 0.6) is 0 Å². The molecule has 1 aromatic rings. The smallest absolute Gasteiger partial charge is 0.384 e. The molecule has 102 valence electrons. The molecule has 0 saturated carbocycles. The van der Waals surface area contributed by atoms with Crippen LogP contribution in [0.3, 0.4) is 0 Å². The summed E-state index contributed by atoms with van der Waals surface area (Å²) in [5.41, 5.74) is -0.533. The second-order valence-corrected chi connectivity index (χ2v) is 4.50. The third-order valence-corrected chi connectivity index (χ3v) is 3.12. The number of alkyl halides is 3. The van der Waals surface area contributed by atoms with Crippen LogP contribution in [0.25, 0.3) is 0 Å². The van der Waals surface area contributed by atoms with Crippen molar-refractivity contribution in [2.45, 2.75) is 31.5 Å². The molecular weight excluding hydrogens is 257 g/mol. The number of carbonyl (C=O) groups is 1. The van der Waals surface area contributed by atoms with Crippen LogP contribution in [0, 0.1) is 0 Å². The lowest BCUT2D eigenvalue weighted by Crippen LogP contribution is -2.15. The van der Waals surface area contributed by atoms with E-state index in [4.69, 9.17) is 0 Å². The summed E-state index contributed by atoms with van der Waals surface area (Å²) in [5.74, 6) is -0.198. The number of hydrogen-bond donors (Lipinski definition) is 1. The van der Waals surface area contributed by atoms with Crippen LogP contribution >= 0.6 is 0 Å². The summed E-state index contributed by atoms with van der Waals surface area (Å²) >= 11 is 0. The molecule has 0 aliphatic heterocycles. The van der Waals surface area contributed by atoms with Gasteiger partial charge in [0.25, 0.3) is 0 Å². The molecule has 0 spiro atoms. The highest BCUT2D eigenvalue weighted by molar-refractivity contribution is 5.97. The molecule has 0 radical (unpaired) electrons. The van der Waals surface area contributed by atoms with E-state index in [2.05, 4.69) is 0 Å². The quantitative estimate of drug-likeness (QED) is 0.894. The highest BCUT2D eigenvalue weighted by atomic mass is 19.4. The molecule has 1 atom stereocenters. The summed E-state index contributed by atoms with van der Waals surface area (Å²) in [4.78, 5) is 11.6. The highest BCUT2D eigenvalue weighted by Crippen LogP contribution is 2.33. The number of ketones is 1. The molecule has 1 N–H and O–H groups in total. The Morgan fingerprint density at radius 1 is 1.26 bits per heavy atom. The van der Waals surface area contributed by atoms with Crippen LogP contribution < -0.4 is 0 Å². The third kappa shape index (κ3) is 3.04. The first-order chi connectivity index (χ1) is 8.89. The average Bonchev–Trinajstić information content (AvgIpc) is 2.38. The Morgan fingerprint density at radius 2 is 2.00 bits per heavy atom. The van der Waals surface area contributed by atoms with E-state index in [0.29, 0.717) is 12.8 Å². The van der Waals surface area contributed by atoms with E-state index in [1.54, 1.807) is 6.08 Å². The van der Waals surface area contributed by atoms with Gasteiger partial charge in [0.15, 0.2) is 5.78 Å². The Morgan fingerprint density at radius 3 is 2.63 bits per heavy atom. The molecule has 0 saturated heterocycles. The number of Topliss-reactive ketones (excluding diaryl/α,β-unsaturated/α-hetero) is 1. The number of rotatable bonds is 2. The van der Waals surface area contributed by atoms with Gasteiger partial charge in [-0.2, -0.15) is 13.2 Å². The van der Waals surface area contributed by atoms with Crippen molar-refractivity contribution < 1.29 is 23.1 Å². The molecular formula is C14H13F3O2. The Kier molecular flexibility index (Phi) is 3.75. The molecule has 0 heterocycles. The lowest BCUT2D eigenvalue weighted by Gasteiger charge is -2.18. The van der Waals surface area contributed by atoms with Gasteiger partial charge in [0.05, 0.1) is 5.56 Å². The molecule has 1 aliphatic rings. The monoisotopic (exact) mass is 270 g/mol. The Balaban J connectivity index is 2.31. The molecule has 0 unspecified atom stereocenters. The summed E-state index contributed by atoms with van der Waals surface area (Å²) in [5, 5.41) is 10.0. The molecule has 0 amide bonds. The van der Waals surface area contributed by atoms with E-state index >= 15 is 0 Å². The fourth-order valence-electron chi connectivity index (χ4n) is 2.11. The van der Waals surface area contributed by atoms with Crippen LogP contribution in [0.1, 0.15) is 36.5 Å². The van der Waals surface area contributed by atoms with Gasteiger partial charge in [0.2, 0.25) is 0 Å². The SMILES string of the molecule is O=C1CCCC=C1[C@@H](O)c1cccc(C(F)(F)F)c1. The van der Waals surface area contributed by atoms with E-state index in [1.807, 2.05) is 0 Å². The zero-order valence-corrected chi connectivity index (χ0v) is 10.1. The minimum atomic E-state index is -4.46. The number of aliphatic hydroxyl groups excluding tert-OH is 1. The van der Waals surface area contributed by atoms with Crippen LogP contribution in [0.15, 0.2) is 35.9 Å². The van der Waals surface area contributed by atoms with Gasteiger partial charge in [0, 0.05) is 12.0 Å². The van der Waals surface area contributed by atoms with E-state index in [-0.39, 0.29) is 16.9 Å². The van der Waals surface area contributed by atoms with E-state index in [0.717, 1.165) is 18.6 Å². The summed E-state index contributed by atoms with van der Waals surface area (Å²) in [7, 11) is 0. The maximum absolute atomic E-state index is 12.6.